The minimum atomic E-state index is -0.902. The van der Waals surface area contributed by atoms with Crippen molar-refractivity contribution in [2.45, 2.75) is 26.8 Å². The van der Waals surface area contributed by atoms with Crippen molar-refractivity contribution in [1.29, 1.82) is 0 Å². The molecule has 2 N–H and O–H groups in total. The van der Waals surface area contributed by atoms with Crippen LogP contribution in [0.5, 0.6) is 5.88 Å². The van der Waals surface area contributed by atoms with Crippen LogP contribution in [0.25, 0.3) is 11.8 Å². The summed E-state index contributed by atoms with van der Waals surface area (Å²) in [7, 11) is 3.74. The van der Waals surface area contributed by atoms with Crippen molar-refractivity contribution in [1.82, 2.24) is 20.2 Å². The van der Waals surface area contributed by atoms with Gasteiger partial charge in [0.05, 0.1) is 18.1 Å². The highest BCUT2D eigenvalue weighted by molar-refractivity contribution is 5.75. The largest absolute Gasteiger partial charge is 0.515 e. The number of hydrogen-bond acceptors (Lipinski definition) is 8. The number of H-pyrrole nitrogens is 1. The van der Waals surface area contributed by atoms with Crippen LogP contribution in [-0.4, -0.2) is 60.7 Å². The normalized spacial score (nSPS) is 18.1. The van der Waals surface area contributed by atoms with E-state index in [1.165, 1.54) is 0 Å². The zero-order valence-corrected chi connectivity index (χ0v) is 19.0. The average Bonchev–Trinajstić information content (AvgIpc) is 3.21. The highest BCUT2D eigenvalue weighted by Crippen LogP contribution is 2.28. The molecule has 1 aliphatic rings. The van der Waals surface area contributed by atoms with E-state index in [2.05, 4.69) is 20.3 Å². The van der Waals surface area contributed by atoms with E-state index in [4.69, 9.17) is 9.47 Å². The monoisotopic (exact) mass is 439 g/mol. The van der Waals surface area contributed by atoms with E-state index in [9.17, 15) is 9.59 Å². The van der Waals surface area contributed by atoms with Gasteiger partial charge in [-0.25, -0.2) is 14.8 Å². The molecule has 1 atom stereocenters. The fourth-order valence-electron chi connectivity index (χ4n) is 3.12. The van der Waals surface area contributed by atoms with Gasteiger partial charge >= 0.3 is 6.16 Å². The number of carbonyl (C=O) groups is 1. The Bertz CT molecular complexity index is 1160. The predicted molar refractivity (Wildman–Crippen MR) is 123 cm³/mol. The molecule has 9 heteroatoms. The van der Waals surface area contributed by atoms with E-state index in [1.807, 2.05) is 70.1 Å². The third-order valence-corrected chi connectivity index (χ3v) is 4.79. The lowest BCUT2D eigenvalue weighted by atomic mass is 9.85. The number of aliphatic imine (C=N–C) groups is 1. The van der Waals surface area contributed by atoms with Gasteiger partial charge < -0.3 is 24.7 Å². The second-order valence-electron chi connectivity index (χ2n) is 8.80. The summed E-state index contributed by atoms with van der Waals surface area (Å²) in [5.74, 6) is -0.0632. The molecular formula is C23H29N5O4. The fraction of sp³-hybridized carbons (Fsp3) is 0.391. The van der Waals surface area contributed by atoms with Crippen LogP contribution in [0, 0.1) is 5.41 Å². The first-order valence-corrected chi connectivity index (χ1v) is 10.3. The molecule has 32 heavy (non-hydrogen) atoms. The van der Waals surface area contributed by atoms with Crippen molar-refractivity contribution >= 4 is 24.3 Å². The van der Waals surface area contributed by atoms with Crippen LogP contribution in [0.1, 0.15) is 26.3 Å². The molecular weight excluding hydrogens is 410 g/mol. The Morgan fingerprint density at radius 2 is 1.94 bits per heavy atom. The standard InChI is InChI=1S/C23H29N5O4/c1-23(2,3)19-17(24-14-25-19)18-21(32-22(30)31-12-11-28(4)5)26-16(20(29)27-18)13-15-9-7-6-8-10-15/h6-10,13-14,19H,11-12H2,1-5H3,(H,24,25)(H,27,29)/b16-13-,18-17-. The van der Waals surface area contributed by atoms with Crippen LogP contribution in [-0.2, 0) is 4.74 Å². The third kappa shape index (κ3) is 5.82. The van der Waals surface area contributed by atoms with Crippen molar-refractivity contribution in [2.75, 3.05) is 27.2 Å². The highest BCUT2D eigenvalue weighted by Gasteiger charge is 2.32. The molecule has 1 unspecified atom stereocenters. The second-order valence-corrected chi connectivity index (χ2v) is 8.80. The lowest BCUT2D eigenvalue weighted by molar-refractivity contribution is 0.0906. The van der Waals surface area contributed by atoms with Crippen LogP contribution in [0.3, 0.4) is 0 Å². The Labute approximate surface area is 186 Å². The summed E-state index contributed by atoms with van der Waals surface area (Å²) in [6.45, 7) is 6.83. The Kier molecular flexibility index (Phi) is 7.09. The van der Waals surface area contributed by atoms with E-state index < -0.39 is 11.7 Å². The molecule has 0 saturated carbocycles. The summed E-state index contributed by atoms with van der Waals surface area (Å²) in [5.41, 5.74) is 0.684. The molecule has 1 aromatic heterocycles. The molecule has 1 aliphatic heterocycles. The number of nitrogens with zero attached hydrogens (tertiary/aromatic N) is 3. The van der Waals surface area contributed by atoms with Gasteiger partial charge in [0, 0.05) is 6.54 Å². The molecule has 2 aromatic rings. The van der Waals surface area contributed by atoms with Gasteiger partial charge in [0.2, 0.25) is 0 Å². The molecule has 170 valence electrons. The summed E-state index contributed by atoms with van der Waals surface area (Å²) >= 11 is 0. The van der Waals surface area contributed by atoms with Crippen LogP contribution in [0.4, 0.5) is 4.79 Å². The Morgan fingerprint density at radius 3 is 2.59 bits per heavy atom. The predicted octanol–water partition coefficient (Wildman–Crippen LogP) is 0.830. The van der Waals surface area contributed by atoms with Crippen molar-refractivity contribution in [2.24, 2.45) is 10.4 Å². The molecule has 0 spiro atoms. The van der Waals surface area contributed by atoms with E-state index >= 15 is 0 Å². The molecule has 0 amide bonds. The molecule has 2 heterocycles. The van der Waals surface area contributed by atoms with Gasteiger partial charge in [0.15, 0.2) is 0 Å². The molecule has 3 rings (SSSR count). The van der Waals surface area contributed by atoms with E-state index in [1.54, 1.807) is 12.4 Å². The summed E-state index contributed by atoms with van der Waals surface area (Å²) in [4.78, 5) is 38.6. The maximum Gasteiger partial charge on any atom is 0.515 e. The fourth-order valence-corrected chi connectivity index (χ4v) is 3.12. The topological polar surface area (TPSA) is 109 Å². The minimum absolute atomic E-state index is 0.0632. The summed E-state index contributed by atoms with van der Waals surface area (Å²) in [5, 5.41) is 3.53. The van der Waals surface area contributed by atoms with Gasteiger partial charge in [-0.2, -0.15) is 0 Å². The minimum Gasteiger partial charge on any atom is -0.433 e. The summed E-state index contributed by atoms with van der Waals surface area (Å²) in [6.07, 6.45) is 2.28. The number of hydrogen-bond donors (Lipinski definition) is 2. The van der Waals surface area contributed by atoms with Gasteiger partial charge in [-0.05, 0) is 31.1 Å². The first-order chi connectivity index (χ1) is 15.1. The molecule has 0 bridgehead atoms. The van der Waals surface area contributed by atoms with E-state index in [0.717, 1.165) is 5.56 Å². The summed E-state index contributed by atoms with van der Waals surface area (Å²) in [6, 6.07) is 9.08. The number of aromatic amines is 1. The number of aromatic nitrogens is 2. The molecule has 0 saturated heterocycles. The van der Waals surface area contributed by atoms with Crippen LogP contribution < -0.4 is 26.3 Å². The molecule has 9 nitrogen and oxygen atoms in total. The number of carbonyl (C=O) groups excluding carboxylic acids is 1. The van der Waals surface area contributed by atoms with Gasteiger partial charge in [-0.3, -0.25) is 4.79 Å². The molecule has 1 aromatic carbocycles. The van der Waals surface area contributed by atoms with Crippen molar-refractivity contribution in [3.63, 3.8) is 0 Å². The second kappa shape index (κ2) is 9.78. The van der Waals surface area contributed by atoms with E-state index in [0.29, 0.717) is 12.2 Å². The SMILES string of the molecule is CN(C)CCOC(=O)Oc1n/c(=C\c2ccccc2)c(=O)[nH]/c1=C1\N=CNC1C(C)(C)C. The van der Waals surface area contributed by atoms with Gasteiger partial charge in [-0.1, -0.05) is 51.1 Å². The molecule has 0 aliphatic carbocycles. The van der Waals surface area contributed by atoms with Crippen molar-refractivity contribution in [3.05, 3.63) is 56.9 Å². The van der Waals surface area contributed by atoms with Gasteiger partial charge in [0.25, 0.3) is 11.4 Å². The van der Waals surface area contributed by atoms with Crippen LogP contribution in [0.2, 0.25) is 0 Å². The number of rotatable bonds is 5. The number of ether oxygens (including phenoxy) is 2. The van der Waals surface area contributed by atoms with Crippen LogP contribution in [0.15, 0.2) is 40.1 Å². The maximum absolute atomic E-state index is 12.8. The number of nitrogens with one attached hydrogen (secondary N) is 2. The first kappa shape index (κ1) is 23.2. The zero-order valence-electron chi connectivity index (χ0n) is 19.0. The van der Waals surface area contributed by atoms with Crippen LogP contribution >= 0.6 is 0 Å². The molecule has 0 fully saturated rings. The number of likely N-dealkylation sites (N-methyl/N-ethyl adjacent to an activating group) is 1. The third-order valence-electron chi connectivity index (χ3n) is 4.79. The lowest BCUT2D eigenvalue weighted by Crippen LogP contribution is -2.43. The quantitative estimate of drug-likeness (QED) is 0.664. The smallest absolute Gasteiger partial charge is 0.433 e. The van der Waals surface area contributed by atoms with Crippen molar-refractivity contribution in [3.8, 4) is 5.88 Å². The zero-order chi connectivity index (χ0) is 23.3. The maximum atomic E-state index is 12.8. The molecule has 0 radical (unpaired) electrons. The van der Waals surface area contributed by atoms with Crippen molar-refractivity contribution < 1.29 is 14.3 Å². The highest BCUT2D eigenvalue weighted by atomic mass is 16.7. The first-order valence-electron chi connectivity index (χ1n) is 10.3. The lowest BCUT2D eigenvalue weighted by Gasteiger charge is -2.27. The summed E-state index contributed by atoms with van der Waals surface area (Å²) < 4.78 is 10.6. The van der Waals surface area contributed by atoms with Gasteiger partial charge in [0.1, 0.15) is 17.3 Å². The number of benzene rings is 1. The van der Waals surface area contributed by atoms with E-state index in [-0.39, 0.29) is 34.6 Å². The Hall–Kier alpha value is -3.46. The average molecular weight is 440 g/mol. The Morgan fingerprint density at radius 1 is 1.22 bits per heavy atom. The Balaban J connectivity index is 2.10. The van der Waals surface area contributed by atoms with Gasteiger partial charge in [-0.15, -0.1) is 0 Å².